The molecular formula is C13H15N3O3. The van der Waals surface area contributed by atoms with Gasteiger partial charge < -0.3 is 9.84 Å². The third-order valence-electron chi connectivity index (χ3n) is 2.92. The molecule has 0 aliphatic carbocycles. The standard InChI is InChI=1S/C13H15N3O3/c1-8-6-14-11(9(2)12(8)19-3)7-16-5-4-10(15-16)13(17)18/h4-6H,7H2,1-3H3,(H,17,18). The Bertz CT molecular complexity index is 620. The fraction of sp³-hybridized carbons (Fsp3) is 0.308. The number of aromatic carboxylic acids is 1. The molecule has 0 atom stereocenters. The van der Waals surface area contributed by atoms with Crippen molar-refractivity contribution < 1.29 is 14.6 Å². The smallest absolute Gasteiger partial charge is 0.356 e. The molecule has 0 unspecified atom stereocenters. The molecule has 0 fully saturated rings. The van der Waals surface area contributed by atoms with E-state index in [0.29, 0.717) is 6.54 Å². The summed E-state index contributed by atoms with van der Waals surface area (Å²) in [7, 11) is 1.62. The highest BCUT2D eigenvalue weighted by Crippen LogP contribution is 2.24. The molecule has 0 radical (unpaired) electrons. The topological polar surface area (TPSA) is 77.2 Å². The summed E-state index contributed by atoms with van der Waals surface area (Å²) in [5.41, 5.74) is 2.74. The van der Waals surface area contributed by atoms with Crippen LogP contribution in [0.1, 0.15) is 27.3 Å². The molecule has 1 N–H and O–H groups in total. The molecule has 0 aliphatic heterocycles. The van der Waals surface area contributed by atoms with Crippen molar-refractivity contribution in [1.82, 2.24) is 14.8 Å². The van der Waals surface area contributed by atoms with Crippen LogP contribution in [0, 0.1) is 13.8 Å². The first-order valence-electron chi connectivity index (χ1n) is 5.78. The van der Waals surface area contributed by atoms with E-state index in [-0.39, 0.29) is 5.69 Å². The number of carboxylic acid groups (broad SMARTS) is 1. The van der Waals surface area contributed by atoms with Gasteiger partial charge in [0.1, 0.15) is 5.75 Å². The molecular weight excluding hydrogens is 246 g/mol. The Labute approximate surface area is 110 Å². The van der Waals surface area contributed by atoms with E-state index in [4.69, 9.17) is 9.84 Å². The van der Waals surface area contributed by atoms with Gasteiger partial charge in [-0.2, -0.15) is 5.10 Å². The Morgan fingerprint density at radius 2 is 2.21 bits per heavy atom. The minimum atomic E-state index is -1.04. The summed E-state index contributed by atoms with van der Waals surface area (Å²) in [5.74, 6) is -0.236. The van der Waals surface area contributed by atoms with Crippen molar-refractivity contribution >= 4 is 5.97 Å². The summed E-state index contributed by atoms with van der Waals surface area (Å²) < 4.78 is 6.88. The van der Waals surface area contributed by atoms with Crippen LogP contribution >= 0.6 is 0 Å². The Balaban J connectivity index is 2.30. The van der Waals surface area contributed by atoms with Crippen molar-refractivity contribution in [2.45, 2.75) is 20.4 Å². The Morgan fingerprint density at radius 1 is 1.47 bits per heavy atom. The van der Waals surface area contributed by atoms with E-state index in [1.807, 2.05) is 13.8 Å². The lowest BCUT2D eigenvalue weighted by molar-refractivity contribution is 0.0689. The molecule has 19 heavy (non-hydrogen) atoms. The van der Waals surface area contributed by atoms with Gasteiger partial charge in [-0.05, 0) is 19.9 Å². The van der Waals surface area contributed by atoms with E-state index >= 15 is 0 Å². The molecule has 0 amide bonds. The molecule has 2 aromatic rings. The third-order valence-corrected chi connectivity index (χ3v) is 2.92. The number of nitrogens with zero attached hydrogens (tertiary/aromatic N) is 3. The van der Waals surface area contributed by atoms with Crippen LogP contribution in [-0.4, -0.2) is 33.0 Å². The van der Waals surface area contributed by atoms with Crippen LogP contribution in [0.25, 0.3) is 0 Å². The van der Waals surface area contributed by atoms with Crippen LogP contribution in [0.3, 0.4) is 0 Å². The highest BCUT2D eigenvalue weighted by Gasteiger charge is 2.12. The quantitative estimate of drug-likeness (QED) is 0.905. The van der Waals surface area contributed by atoms with Gasteiger partial charge in [-0.3, -0.25) is 9.67 Å². The summed E-state index contributed by atoms with van der Waals surface area (Å²) in [4.78, 5) is 15.1. The molecule has 0 aliphatic rings. The Kier molecular flexibility index (Phi) is 3.50. The summed E-state index contributed by atoms with van der Waals surface area (Å²) in [6.45, 7) is 4.27. The van der Waals surface area contributed by atoms with Gasteiger partial charge in [0.05, 0.1) is 19.3 Å². The van der Waals surface area contributed by atoms with Gasteiger partial charge in [0.2, 0.25) is 0 Å². The molecule has 100 valence electrons. The molecule has 6 heteroatoms. The average molecular weight is 261 g/mol. The first kappa shape index (κ1) is 13.1. The largest absolute Gasteiger partial charge is 0.496 e. The fourth-order valence-electron chi connectivity index (χ4n) is 1.95. The normalized spacial score (nSPS) is 10.5. The van der Waals surface area contributed by atoms with Crippen LogP contribution in [0.4, 0.5) is 0 Å². The second kappa shape index (κ2) is 5.09. The minimum absolute atomic E-state index is 0.0247. The molecule has 0 aromatic carbocycles. The number of hydrogen-bond acceptors (Lipinski definition) is 4. The maximum atomic E-state index is 10.8. The Morgan fingerprint density at radius 3 is 2.79 bits per heavy atom. The number of aryl methyl sites for hydroxylation is 1. The molecule has 0 saturated heterocycles. The van der Waals surface area contributed by atoms with Crippen LogP contribution in [-0.2, 0) is 6.54 Å². The summed E-state index contributed by atoms with van der Waals surface area (Å²) in [6.07, 6.45) is 3.36. The first-order chi connectivity index (χ1) is 9.02. The monoisotopic (exact) mass is 261 g/mol. The van der Waals surface area contributed by atoms with E-state index in [0.717, 1.165) is 22.6 Å². The summed E-state index contributed by atoms with van der Waals surface area (Å²) >= 11 is 0. The third kappa shape index (κ3) is 2.57. The second-order valence-electron chi connectivity index (χ2n) is 4.25. The zero-order valence-electron chi connectivity index (χ0n) is 11.0. The summed E-state index contributed by atoms with van der Waals surface area (Å²) in [6, 6.07) is 1.46. The first-order valence-corrected chi connectivity index (χ1v) is 5.78. The lowest BCUT2D eigenvalue weighted by atomic mass is 10.1. The number of carboxylic acids is 1. The SMILES string of the molecule is COc1c(C)cnc(Cn2ccc(C(=O)O)n2)c1C. The number of methoxy groups -OCH3 is 1. The molecule has 6 nitrogen and oxygen atoms in total. The zero-order chi connectivity index (χ0) is 14.0. The highest BCUT2D eigenvalue weighted by atomic mass is 16.5. The summed E-state index contributed by atoms with van der Waals surface area (Å²) in [5, 5.41) is 12.8. The van der Waals surface area contributed by atoms with E-state index in [1.165, 1.54) is 6.07 Å². The van der Waals surface area contributed by atoms with Crippen molar-refractivity contribution in [3.63, 3.8) is 0 Å². The van der Waals surface area contributed by atoms with E-state index in [2.05, 4.69) is 10.1 Å². The van der Waals surface area contributed by atoms with E-state index in [9.17, 15) is 4.79 Å². The molecule has 0 spiro atoms. The Hall–Kier alpha value is -2.37. The van der Waals surface area contributed by atoms with Gasteiger partial charge in [-0.25, -0.2) is 4.79 Å². The maximum absolute atomic E-state index is 10.8. The van der Waals surface area contributed by atoms with Gasteiger partial charge in [0, 0.05) is 23.5 Å². The highest BCUT2D eigenvalue weighted by molar-refractivity contribution is 5.85. The fourth-order valence-corrected chi connectivity index (χ4v) is 1.95. The number of hydrogen-bond donors (Lipinski definition) is 1. The lowest BCUT2D eigenvalue weighted by Crippen LogP contribution is -2.08. The second-order valence-corrected chi connectivity index (χ2v) is 4.25. The average Bonchev–Trinajstić information content (AvgIpc) is 2.82. The number of aromatic nitrogens is 3. The molecule has 2 rings (SSSR count). The van der Waals surface area contributed by atoms with Crippen LogP contribution < -0.4 is 4.74 Å². The number of rotatable bonds is 4. The minimum Gasteiger partial charge on any atom is -0.496 e. The predicted molar refractivity (Wildman–Crippen MR) is 68.6 cm³/mol. The van der Waals surface area contributed by atoms with Crippen molar-refractivity contribution in [3.8, 4) is 5.75 Å². The molecule has 2 heterocycles. The van der Waals surface area contributed by atoms with Crippen LogP contribution in [0.5, 0.6) is 5.75 Å². The molecule has 0 bridgehead atoms. The van der Waals surface area contributed by atoms with E-state index < -0.39 is 5.97 Å². The van der Waals surface area contributed by atoms with Crippen molar-refractivity contribution in [2.75, 3.05) is 7.11 Å². The van der Waals surface area contributed by atoms with Gasteiger partial charge >= 0.3 is 5.97 Å². The van der Waals surface area contributed by atoms with Gasteiger partial charge in [0.25, 0.3) is 0 Å². The predicted octanol–water partition coefficient (Wildman–Crippen LogP) is 1.65. The van der Waals surface area contributed by atoms with Crippen molar-refractivity contribution in [3.05, 3.63) is 41.0 Å². The number of pyridine rings is 1. The number of carbonyl (C=O) groups is 1. The maximum Gasteiger partial charge on any atom is 0.356 e. The van der Waals surface area contributed by atoms with Crippen LogP contribution in [0.2, 0.25) is 0 Å². The van der Waals surface area contributed by atoms with Gasteiger partial charge in [-0.15, -0.1) is 0 Å². The lowest BCUT2D eigenvalue weighted by Gasteiger charge is -2.12. The molecule has 2 aromatic heterocycles. The van der Waals surface area contributed by atoms with Crippen molar-refractivity contribution in [2.24, 2.45) is 0 Å². The van der Waals surface area contributed by atoms with Crippen LogP contribution in [0.15, 0.2) is 18.5 Å². The van der Waals surface area contributed by atoms with E-state index in [1.54, 1.807) is 24.2 Å². The van der Waals surface area contributed by atoms with Crippen molar-refractivity contribution in [1.29, 1.82) is 0 Å². The zero-order valence-corrected chi connectivity index (χ0v) is 11.0. The molecule has 0 saturated carbocycles. The number of ether oxygens (including phenoxy) is 1. The van der Waals surface area contributed by atoms with Gasteiger partial charge in [-0.1, -0.05) is 0 Å². The van der Waals surface area contributed by atoms with Gasteiger partial charge in [0.15, 0.2) is 5.69 Å².